The quantitative estimate of drug-likeness (QED) is 0.781. The van der Waals surface area contributed by atoms with Gasteiger partial charge in [0.1, 0.15) is 0 Å². The molecule has 0 bridgehead atoms. The minimum absolute atomic E-state index is 0.195. The van der Waals surface area contributed by atoms with Crippen molar-refractivity contribution in [1.29, 1.82) is 0 Å². The highest BCUT2D eigenvalue weighted by molar-refractivity contribution is 9.10. The van der Waals surface area contributed by atoms with Crippen molar-refractivity contribution in [3.63, 3.8) is 0 Å². The van der Waals surface area contributed by atoms with Crippen molar-refractivity contribution in [1.82, 2.24) is 5.32 Å². The molecule has 0 unspecified atom stereocenters. The minimum atomic E-state index is -0.195. The molecule has 2 rings (SSSR count). The summed E-state index contributed by atoms with van der Waals surface area (Å²) in [4.78, 5) is 13.5. The van der Waals surface area contributed by atoms with Crippen LogP contribution in [0.25, 0.3) is 0 Å². The normalized spacial score (nSPS) is 12.1. The molecule has 21 heavy (non-hydrogen) atoms. The number of nitrogens with one attached hydrogen (secondary N) is 1. The zero-order valence-electron chi connectivity index (χ0n) is 12.1. The highest BCUT2D eigenvalue weighted by Crippen LogP contribution is 2.20. The third-order valence-electron chi connectivity index (χ3n) is 3.22. The van der Waals surface area contributed by atoms with E-state index in [0.29, 0.717) is 6.42 Å². The fourth-order valence-electron chi connectivity index (χ4n) is 1.95. The first kappa shape index (κ1) is 16.2. The molecule has 5 heteroatoms. The fraction of sp³-hybridized carbons (Fsp3) is 0.312. The molecule has 1 heterocycles. The molecule has 0 saturated carbocycles. The molecule has 0 aliphatic rings. The average Bonchev–Trinajstić information content (AvgIpc) is 2.93. The largest absolute Gasteiger partial charge is 0.469 e. The van der Waals surface area contributed by atoms with Gasteiger partial charge in [0, 0.05) is 26.8 Å². The number of esters is 1. The molecule has 1 aromatic carbocycles. The molecule has 0 aliphatic carbocycles. The number of benzene rings is 1. The van der Waals surface area contributed by atoms with Gasteiger partial charge in [-0.3, -0.25) is 4.79 Å². The smallest absolute Gasteiger partial charge is 0.310 e. The number of hydrogen-bond acceptors (Lipinski definition) is 4. The lowest BCUT2D eigenvalue weighted by Gasteiger charge is -2.13. The SMILES string of the molecule is COC(=O)Cc1ccc(CN[C@@H](C)c2ccc(Br)cc2)s1. The monoisotopic (exact) mass is 367 g/mol. The molecule has 1 aromatic heterocycles. The summed E-state index contributed by atoms with van der Waals surface area (Å²) in [6.45, 7) is 2.94. The zero-order chi connectivity index (χ0) is 15.2. The maximum atomic E-state index is 11.2. The average molecular weight is 368 g/mol. The number of carbonyl (C=O) groups excluding carboxylic acids is 1. The van der Waals surface area contributed by atoms with Crippen molar-refractivity contribution in [2.75, 3.05) is 7.11 Å². The van der Waals surface area contributed by atoms with Gasteiger partial charge in [-0.05, 0) is 36.8 Å². The molecule has 1 N–H and O–H groups in total. The van der Waals surface area contributed by atoms with E-state index in [9.17, 15) is 4.79 Å². The summed E-state index contributed by atoms with van der Waals surface area (Å²) < 4.78 is 5.76. The zero-order valence-corrected chi connectivity index (χ0v) is 14.5. The second-order valence-electron chi connectivity index (χ2n) is 4.78. The molecule has 0 spiro atoms. The first-order valence-corrected chi connectivity index (χ1v) is 8.32. The van der Waals surface area contributed by atoms with Gasteiger partial charge in [0.2, 0.25) is 0 Å². The van der Waals surface area contributed by atoms with Gasteiger partial charge in [0.25, 0.3) is 0 Å². The van der Waals surface area contributed by atoms with Gasteiger partial charge in [-0.15, -0.1) is 11.3 Å². The Bertz CT molecular complexity index is 595. The van der Waals surface area contributed by atoms with Crippen LogP contribution in [0.5, 0.6) is 0 Å². The van der Waals surface area contributed by atoms with Crippen LogP contribution in [0.3, 0.4) is 0 Å². The Balaban J connectivity index is 1.88. The number of rotatable bonds is 6. The van der Waals surface area contributed by atoms with Crippen LogP contribution in [-0.4, -0.2) is 13.1 Å². The van der Waals surface area contributed by atoms with E-state index in [0.717, 1.165) is 15.9 Å². The van der Waals surface area contributed by atoms with Crippen molar-refractivity contribution in [2.24, 2.45) is 0 Å². The summed E-state index contributed by atoms with van der Waals surface area (Å²) in [5, 5.41) is 3.49. The Morgan fingerprint density at radius 2 is 1.90 bits per heavy atom. The van der Waals surface area contributed by atoms with E-state index >= 15 is 0 Å². The third kappa shape index (κ3) is 4.95. The molecular formula is C16H18BrNO2S. The lowest BCUT2D eigenvalue weighted by atomic mass is 10.1. The van der Waals surface area contributed by atoms with E-state index in [1.165, 1.54) is 17.6 Å². The molecule has 0 radical (unpaired) electrons. The summed E-state index contributed by atoms with van der Waals surface area (Å²) in [5.74, 6) is -0.195. The van der Waals surface area contributed by atoms with Crippen LogP contribution in [-0.2, 0) is 22.5 Å². The molecule has 3 nitrogen and oxygen atoms in total. The highest BCUT2D eigenvalue weighted by atomic mass is 79.9. The standard InChI is InChI=1S/C16H18BrNO2S/c1-11(12-3-5-13(17)6-4-12)18-10-15-8-7-14(21-15)9-16(19)20-2/h3-8,11,18H,9-10H2,1-2H3/t11-/m0/s1. The van der Waals surface area contributed by atoms with Crippen LogP contribution >= 0.6 is 27.3 Å². The van der Waals surface area contributed by atoms with Gasteiger partial charge < -0.3 is 10.1 Å². The van der Waals surface area contributed by atoms with E-state index < -0.39 is 0 Å². The fourth-order valence-corrected chi connectivity index (χ4v) is 3.17. The highest BCUT2D eigenvalue weighted by Gasteiger charge is 2.08. The van der Waals surface area contributed by atoms with Crippen molar-refractivity contribution in [3.8, 4) is 0 Å². The second-order valence-corrected chi connectivity index (χ2v) is 6.94. The van der Waals surface area contributed by atoms with E-state index in [4.69, 9.17) is 0 Å². The van der Waals surface area contributed by atoms with E-state index in [-0.39, 0.29) is 12.0 Å². The van der Waals surface area contributed by atoms with Gasteiger partial charge >= 0.3 is 5.97 Å². The first-order chi connectivity index (χ1) is 10.1. The number of methoxy groups -OCH3 is 1. The molecule has 0 amide bonds. The van der Waals surface area contributed by atoms with Crippen LogP contribution in [0.4, 0.5) is 0 Å². The summed E-state index contributed by atoms with van der Waals surface area (Å²) >= 11 is 5.09. The maximum Gasteiger partial charge on any atom is 0.310 e. The molecule has 112 valence electrons. The molecule has 0 aliphatic heterocycles. The number of ether oxygens (including phenoxy) is 1. The van der Waals surface area contributed by atoms with Crippen LogP contribution in [0.2, 0.25) is 0 Å². The second kappa shape index (κ2) is 7.73. The van der Waals surface area contributed by atoms with E-state index in [1.807, 2.05) is 18.2 Å². The van der Waals surface area contributed by atoms with Crippen molar-refractivity contribution >= 4 is 33.2 Å². The maximum absolute atomic E-state index is 11.2. The van der Waals surface area contributed by atoms with Gasteiger partial charge in [0.15, 0.2) is 0 Å². The summed E-state index contributed by atoms with van der Waals surface area (Å²) in [6.07, 6.45) is 0.351. The Morgan fingerprint density at radius 3 is 2.57 bits per heavy atom. The molecule has 1 atom stereocenters. The first-order valence-electron chi connectivity index (χ1n) is 6.71. The van der Waals surface area contributed by atoms with E-state index in [2.05, 4.69) is 51.1 Å². The van der Waals surface area contributed by atoms with Gasteiger partial charge in [0.05, 0.1) is 13.5 Å². The van der Waals surface area contributed by atoms with Crippen molar-refractivity contribution in [3.05, 3.63) is 56.2 Å². The predicted molar refractivity (Wildman–Crippen MR) is 89.4 cm³/mol. The van der Waals surface area contributed by atoms with Crippen molar-refractivity contribution < 1.29 is 9.53 Å². The van der Waals surface area contributed by atoms with Gasteiger partial charge in [-0.1, -0.05) is 28.1 Å². The summed E-state index contributed by atoms with van der Waals surface area (Å²) in [6, 6.07) is 12.6. The van der Waals surface area contributed by atoms with Crippen LogP contribution < -0.4 is 5.32 Å². The summed E-state index contributed by atoms with van der Waals surface area (Å²) in [5.41, 5.74) is 1.25. The number of carbonyl (C=O) groups is 1. The number of thiophene rings is 1. The van der Waals surface area contributed by atoms with Crippen LogP contribution in [0, 0.1) is 0 Å². The van der Waals surface area contributed by atoms with E-state index in [1.54, 1.807) is 11.3 Å². The Hall–Kier alpha value is -1.17. The summed E-state index contributed by atoms with van der Waals surface area (Å²) in [7, 11) is 1.41. The van der Waals surface area contributed by atoms with Crippen molar-refractivity contribution in [2.45, 2.75) is 25.9 Å². The van der Waals surface area contributed by atoms with Crippen LogP contribution in [0.1, 0.15) is 28.3 Å². The molecule has 0 fully saturated rings. The lowest BCUT2D eigenvalue weighted by molar-refractivity contribution is -0.139. The van der Waals surface area contributed by atoms with Gasteiger partial charge in [-0.25, -0.2) is 0 Å². The molecule has 0 saturated heterocycles. The molecule has 2 aromatic rings. The van der Waals surface area contributed by atoms with Crippen LogP contribution in [0.15, 0.2) is 40.9 Å². The minimum Gasteiger partial charge on any atom is -0.469 e. The predicted octanol–water partition coefficient (Wildman–Crippen LogP) is 4.08. The lowest BCUT2D eigenvalue weighted by Crippen LogP contribution is -2.17. The Kier molecular flexibility index (Phi) is 5.96. The van der Waals surface area contributed by atoms with Gasteiger partial charge in [-0.2, -0.15) is 0 Å². The number of halogens is 1. The molecular weight excluding hydrogens is 350 g/mol. The number of hydrogen-bond donors (Lipinski definition) is 1. The topological polar surface area (TPSA) is 38.3 Å². The Labute approximate surface area is 137 Å². The Morgan fingerprint density at radius 1 is 1.24 bits per heavy atom. The third-order valence-corrected chi connectivity index (χ3v) is 4.83.